The second-order valence-corrected chi connectivity index (χ2v) is 5.41. The molecule has 0 radical (unpaired) electrons. The summed E-state index contributed by atoms with van der Waals surface area (Å²) in [5.41, 5.74) is 1.86. The van der Waals surface area contributed by atoms with Crippen LogP contribution in [0.3, 0.4) is 0 Å². The molecule has 0 spiro atoms. The van der Waals surface area contributed by atoms with E-state index in [1.54, 1.807) is 6.07 Å². The van der Waals surface area contributed by atoms with Crippen LogP contribution in [0.1, 0.15) is 58.4 Å². The highest BCUT2D eigenvalue weighted by Gasteiger charge is 2.15. The number of halogens is 1. The number of hydrogen-bond donors (Lipinski definition) is 1. The second kappa shape index (κ2) is 8.95. The SMILES string of the molecule is CCC.CCc1ccc(F)c(NCC2CCCC2)c1. The molecule has 0 amide bonds. The van der Waals surface area contributed by atoms with Crippen LogP contribution in [-0.2, 0) is 6.42 Å². The fourth-order valence-electron chi connectivity index (χ4n) is 2.40. The first-order valence-electron chi connectivity index (χ1n) is 7.73. The van der Waals surface area contributed by atoms with Crippen LogP contribution in [0.15, 0.2) is 18.2 Å². The Morgan fingerprint density at radius 3 is 2.37 bits per heavy atom. The van der Waals surface area contributed by atoms with Gasteiger partial charge in [0.2, 0.25) is 0 Å². The topological polar surface area (TPSA) is 12.0 Å². The zero-order valence-electron chi connectivity index (χ0n) is 12.6. The molecule has 2 heteroatoms. The van der Waals surface area contributed by atoms with Crippen LogP contribution in [-0.4, -0.2) is 6.54 Å². The van der Waals surface area contributed by atoms with Crippen LogP contribution in [0.5, 0.6) is 0 Å². The van der Waals surface area contributed by atoms with Gasteiger partial charge in [-0.05, 0) is 42.9 Å². The van der Waals surface area contributed by atoms with Gasteiger partial charge < -0.3 is 5.32 Å². The molecule has 0 heterocycles. The lowest BCUT2D eigenvalue weighted by Gasteiger charge is -2.13. The monoisotopic (exact) mass is 265 g/mol. The minimum atomic E-state index is -0.129. The van der Waals surface area contributed by atoms with E-state index in [-0.39, 0.29) is 5.82 Å². The van der Waals surface area contributed by atoms with Crippen molar-refractivity contribution in [2.45, 2.75) is 59.3 Å². The van der Waals surface area contributed by atoms with E-state index in [4.69, 9.17) is 0 Å². The summed E-state index contributed by atoms with van der Waals surface area (Å²) in [6, 6.07) is 5.36. The summed E-state index contributed by atoms with van der Waals surface area (Å²) in [5.74, 6) is 0.611. The fourth-order valence-corrected chi connectivity index (χ4v) is 2.40. The number of rotatable bonds is 4. The van der Waals surface area contributed by atoms with Crippen LogP contribution < -0.4 is 5.32 Å². The van der Waals surface area contributed by atoms with Gasteiger partial charge in [-0.15, -0.1) is 0 Å². The third-order valence-electron chi connectivity index (χ3n) is 3.49. The molecule has 2 rings (SSSR count). The van der Waals surface area contributed by atoms with Crippen molar-refractivity contribution < 1.29 is 4.39 Å². The van der Waals surface area contributed by atoms with E-state index < -0.39 is 0 Å². The van der Waals surface area contributed by atoms with Crippen molar-refractivity contribution in [2.75, 3.05) is 11.9 Å². The lowest BCUT2D eigenvalue weighted by atomic mass is 10.1. The Morgan fingerprint density at radius 2 is 1.79 bits per heavy atom. The van der Waals surface area contributed by atoms with Crippen molar-refractivity contribution in [3.8, 4) is 0 Å². The van der Waals surface area contributed by atoms with Crippen LogP contribution in [0.2, 0.25) is 0 Å². The quantitative estimate of drug-likeness (QED) is 0.768. The molecular formula is C17H28FN. The molecule has 0 bridgehead atoms. The molecule has 1 nitrogen and oxygen atoms in total. The molecule has 1 saturated carbocycles. The first-order chi connectivity index (χ1) is 9.21. The highest BCUT2D eigenvalue weighted by atomic mass is 19.1. The summed E-state index contributed by atoms with van der Waals surface area (Å²) in [6.07, 6.45) is 7.47. The second-order valence-electron chi connectivity index (χ2n) is 5.41. The molecule has 1 aliphatic rings. The molecular weight excluding hydrogens is 237 g/mol. The zero-order chi connectivity index (χ0) is 14.1. The summed E-state index contributed by atoms with van der Waals surface area (Å²) in [5, 5.41) is 3.25. The molecule has 1 aromatic carbocycles. The molecule has 0 aromatic heterocycles. The maximum Gasteiger partial charge on any atom is 0.146 e. The first-order valence-corrected chi connectivity index (χ1v) is 7.73. The molecule has 19 heavy (non-hydrogen) atoms. The summed E-state index contributed by atoms with van der Waals surface area (Å²) < 4.78 is 13.5. The van der Waals surface area contributed by atoms with E-state index in [1.807, 2.05) is 12.1 Å². The summed E-state index contributed by atoms with van der Waals surface area (Å²) >= 11 is 0. The molecule has 1 N–H and O–H groups in total. The third-order valence-corrected chi connectivity index (χ3v) is 3.49. The van der Waals surface area contributed by atoms with E-state index in [1.165, 1.54) is 37.7 Å². The number of hydrogen-bond acceptors (Lipinski definition) is 1. The van der Waals surface area contributed by atoms with E-state index in [9.17, 15) is 4.39 Å². The highest BCUT2D eigenvalue weighted by Crippen LogP contribution is 2.25. The van der Waals surface area contributed by atoms with E-state index in [2.05, 4.69) is 26.1 Å². The average Bonchev–Trinajstić information content (AvgIpc) is 2.92. The first kappa shape index (κ1) is 16.0. The lowest BCUT2D eigenvalue weighted by molar-refractivity contribution is 0.573. The van der Waals surface area contributed by atoms with Crippen molar-refractivity contribution in [3.05, 3.63) is 29.6 Å². The molecule has 0 aliphatic heterocycles. The van der Waals surface area contributed by atoms with Gasteiger partial charge >= 0.3 is 0 Å². The molecule has 108 valence electrons. The van der Waals surface area contributed by atoms with Gasteiger partial charge in [0.05, 0.1) is 5.69 Å². The number of nitrogens with one attached hydrogen (secondary N) is 1. The van der Waals surface area contributed by atoms with Crippen LogP contribution in [0.4, 0.5) is 10.1 Å². The number of anilines is 1. The number of benzene rings is 1. The largest absolute Gasteiger partial charge is 0.382 e. The van der Waals surface area contributed by atoms with Crippen molar-refractivity contribution in [2.24, 2.45) is 5.92 Å². The Balaban J connectivity index is 0.000000550. The van der Waals surface area contributed by atoms with Gasteiger partial charge in [-0.2, -0.15) is 0 Å². The minimum absolute atomic E-state index is 0.129. The van der Waals surface area contributed by atoms with Crippen LogP contribution in [0, 0.1) is 11.7 Å². The Morgan fingerprint density at radius 1 is 1.16 bits per heavy atom. The van der Waals surface area contributed by atoms with Gasteiger partial charge in [-0.3, -0.25) is 0 Å². The van der Waals surface area contributed by atoms with Crippen molar-refractivity contribution in [1.82, 2.24) is 0 Å². The Labute approximate surface area is 117 Å². The van der Waals surface area contributed by atoms with E-state index in [0.717, 1.165) is 18.9 Å². The van der Waals surface area contributed by atoms with Gasteiger partial charge in [0.15, 0.2) is 0 Å². The smallest absolute Gasteiger partial charge is 0.146 e. The molecule has 0 unspecified atom stereocenters. The van der Waals surface area contributed by atoms with E-state index >= 15 is 0 Å². The Hall–Kier alpha value is -1.05. The van der Waals surface area contributed by atoms with Crippen LogP contribution >= 0.6 is 0 Å². The molecule has 1 fully saturated rings. The fraction of sp³-hybridized carbons (Fsp3) is 0.647. The molecule has 1 aromatic rings. The van der Waals surface area contributed by atoms with E-state index in [0.29, 0.717) is 5.69 Å². The lowest BCUT2D eigenvalue weighted by Crippen LogP contribution is -2.12. The summed E-state index contributed by atoms with van der Waals surface area (Å²) in [7, 11) is 0. The Kier molecular flexibility index (Phi) is 7.54. The third kappa shape index (κ3) is 5.63. The zero-order valence-corrected chi connectivity index (χ0v) is 12.6. The predicted octanol–water partition coefficient (Wildman–Crippen LogP) is 5.41. The summed E-state index contributed by atoms with van der Waals surface area (Å²) in [4.78, 5) is 0. The van der Waals surface area contributed by atoms with Gasteiger partial charge in [0.25, 0.3) is 0 Å². The van der Waals surface area contributed by atoms with Crippen molar-refractivity contribution >= 4 is 5.69 Å². The van der Waals surface area contributed by atoms with Crippen molar-refractivity contribution in [3.63, 3.8) is 0 Å². The Bertz CT molecular complexity index is 356. The van der Waals surface area contributed by atoms with Crippen LogP contribution in [0.25, 0.3) is 0 Å². The number of aryl methyl sites for hydroxylation is 1. The van der Waals surface area contributed by atoms with Crippen molar-refractivity contribution in [1.29, 1.82) is 0 Å². The summed E-state index contributed by atoms with van der Waals surface area (Å²) in [6.45, 7) is 7.26. The van der Waals surface area contributed by atoms with Gasteiger partial charge in [0, 0.05) is 6.54 Å². The molecule has 0 saturated heterocycles. The normalized spacial score (nSPS) is 14.9. The van der Waals surface area contributed by atoms with Gasteiger partial charge in [0.1, 0.15) is 5.82 Å². The molecule has 0 atom stereocenters. The molecule has 1 aliphatic carbocycles. The van der Waals surface area contributed by atoms with Gasteiger partial charge in [-0.1, -0.05) is 46.1 Å². The standard InChI is InChI=1S/C14H20FN.C3H8/c1-2-11-7-8-13(15)14(9-11)16-10-12-5-3-4-6-12;1-3-2/h7-9,12,16H,2-6,10H2,1H3;3H2,1-2H3. The minimum Gasteiger partial charge on any atom is -0.382 e. The predicted molar refractivity (Wildman–Crippen MR) is 82.2 cm³/mol. The average molecular weight is 265 g/mol. The maximum atomic E-state index is 13.5. The highest BCUT2D eigenvalue weighted by molar-refractivity contribution is 5.47. The maximum absolute atomic E-state index is 13.5. The van der Waals surface area contributed by atoms with Gasteiger partial charge in [-0.25, -0.2) is 4.39 Å².